The van der Waals surface area contributed by atoms with Crippen LogP contribution in [0.2, 0.25) is 0 Å². The number of carbonyl (C=O) groups excluding carboxylic acids is 1. The van der Waals surface area contributed by atoms with E-state index in [9.17, 15) is 4.79 Å². The molecule has 0 saturated heterocycles. The fourth-order valence-electron chi connectivity index (χ4n) is 1.83. The van der Waals surface area contributed by atoms with E-state index in [0.29, 0.717) is 12.2 Å². The third-order valence-electron chi connectivity index (χ3n) is 2.81. The second-order valence-corrected chi connectivity index (χ2v) is 5.57. The minimum atomic E-state index is -0.0374. The van der Waals surface area contributed by atoms with E-state index >= 15 is 0 Å². The zero-order valence-electron chi connectivity index (χ0n) is 11.0. The summed E-state index contributed by atoms with van der Waals surface area (Å²) in [5.74, 6) is 0.738. The van der Waals surface area contributed by atoms with Gasteiger partial charge in [-0.25, -0.2) is 6.08 Å². The number of ether oxygens (including phenoxy) is 1. The van der Waals surface area contributed by atoms with E-state index in [0.717, 1.165) is 11.3 Å². The summed E-state index contributed by atoms with van der Waals surface area (Å²) >= 11 is 2.13. The van der Waals surface area contributed by atoms with E-state index in [2.05, 4.69) is 28.7 Å². The van der Waals surface area contributed by atoms with Gasteiger partial charge in [-0.05, 0) is 12.1 Å². The van der Waals surface area contributed by atoms with Gasteiger partial charge in [0, 0.05) is 39.8 Å². The summed E-state index contributed by atoms with van der Waals surface area (Å²) in [4.78, 5) is 13.5. The first kappa shape index (κ1) is 17.6. The third-order valence-corrected chi connectivity index (χ3v) is 3.79. The Morgan fingerprint density at radius 1 is 1.50 bits per heavy atom. The molecule has 1 aromatic rings. The number of benzene rings is 1. The molecule has 0 fully saturated rings. The third kappa shape index (κ3) is 4.03. The van der Waals surface area contributed by atoms with Crippen LogP contribution in [-0.2, 0) is 37.5 Å². The first-order valence-electron chi connectivity index (χ1n) is 5.76. The van der Waals surface area contributed by atoms with Crippen molar-refractivity contribution in [3.63, 3.8) is 0 Å². The molecule has 20 heavy (non-hydrogen) atoms. The van der Waals surface area contributed by atoms with Crippen LogP contribution >= 0.6 is 22.6 Å². The molecule has 1 heterocycles. The smallest absolute Gasteiger partial charge is 0.235 e. The van der Waals surface area contributed by atoms with Crippen molar-refractivity contribution in [1.82, 2.24) is 4.90 Å². The maximum atomic E-state index is 11.9. The van der Waals surface area contributed by atoms with E-state index < -0.39 is 0 Å². The molecule has 0 aromatic heterocycles. The van der Waals surface area contributed by atoms with E-state index in [-0.39, 0.29) is 49.1 Å². The number of amides is 1. The van der Waals surface area contributed by atoms with E-state index in [4.69, 9.17) is 10.00 Å². The van der Waals surface area contributed by atoms with Crippen LogP contribution in [0.5, 0.6) is 5.75 Å². The van der Waals surface area contributed by atoms with Crippen LogP contribution < -0.4 is 4.74 Å². The SMILES string of the molecule is CN1C(=O)C(I)C[C-]=C1c1ccc(OCC#N)cc1.[Y]. The van der Waals surface area contributed by atoms with Gasteiger partial charge < -0.3 is 9.64 Å². The summed E-state index contributed by atoms with van der Waals surface area (Å²) in [6.45, 7) is 0.0308. The Labute approximate surface area is 157 Å². The Bertz CT molecular complexity index is 551. The van der Waals surface area contributed by atoms with Crippen LogP contribution in [0.1, 0.15) is 12.0 Å². The van der Waals surface area contributed by atoms with Crippen molar-refractivity contribution in [3.05, 3.63) is 35.9 Å². The quantitative estimate of drug-likeness (QED) is 0.399. The van der Waals surface area contributed by atoms with Crippen molar-refractivity contribution in [3.8, 4) is 11.8 Å². The Balaban J connectivity index is 0.00000200. The maximum absolute atomic E-state index is 11.9. The van der Waals surface area contributed by atoms with Crippen molar-refractivity contribution in [1.29, 1.82) is 5.26 Å². The average Bonchev–Trinajstić information content (AvgIpc) is 2.44. The van der Waals surface area contributed by atoms with Crippen LogP contribution in [0, 0.1) is 17.4 Å². The van der Waals surface area contributed by atoms with Gasteiger partial charge in [0.05, 0.1) is 3.92 Å². The normalized spacial score (nSPS) is 17.9. The molecule has 2 rings (SSSR count). The van der Waals surface area contributed by atoms with Crippen LogP contribution in [-0.4, -0.2) is 28.4 Å². The van der Waals surface area contributed by atoms with Gasteiger partial charge in [-0.3, -0.25) is 4.79 Å². The van der Waals surface area contributed by atoms with Gasteiger partial charge in [-0.15, -0.1) is 17.8 Å². The summed E-state index contributed by atoms with van der Waals surface area (Å²) in [5, 5.41) is 8.44. The molecule has 0 saturated carbocycles. The molecule has 101 valence electrons. The first-order valence-corrected chi connectivity index (χ1v) is 7.00. The monoisotopic (exact) mass is 456 g/mol. The van der Waals surface area contributed by atoms with E-state index in [1.807, 2.05) is 18.2 Å². The molecule has 4 nitrogen and oxygen atoms in total. The molecule has 0 N–H and O–H groups in total. The van der Waals surface area contributed by atoms with Crippen LogP contribution in [0.4, 0.5) is 0 Å². The van der Waals surface area contributed by atoms with Gasteiger partial charge in [-0.1, -0.05) is 29.0 Å². The second kappa shape index (κ2) is 8.11. The van der Waals surface area contributed by atoms with Gasteiger partial charge in [0.15, 0.2) is 6.61 Å². The molecule has 1 radical (unpaired) electrons. The Hall–Kier alpha value is -0.446. The molecule has 1 atom stereocenters. The number of rotatable bonds is 3. The molecule has 6 heteroatoms. The van der Waals surface area contributed by atoms with Gasteiger partial charge in [-0.2, -0.15) is 10.8 Å². The number of carbonyl (C=O) groups is 1. The fraction of sp³-hybridized carbons (Fsp3) is 0.286. The number of halogens is 1. The standard InChI is InChI=1S/C14H12IN2O2.Y/c1-17-13(7-6-12(15)14(17)18)10-2-4-11(5-3-10)19-9-8-16;/h2-5,12H,6,9H2,1H3;/q-1;. The summed E-state index contributed by atoms with van der Waals surface area (Å²) < 4.78 is 5.15. The first-order chi connectivity index (χ1) is 9.13. The number of alkyl halides is 1. The Morgan fingerprint density at radius 3 is 2.75 bits per heavy atom. The molecular weight excluding hydrogens is 444 g/mol. The van der Waals surface area contributed by atoms with Gasteiger partial charge >= 0.3 is 0 Å². The van der Waals surface area contributed by atoms with E-state index in [1.54, 1.807) is 24.1 Å². The van der Waals surface area contributed by atoms with Gasteiger partial charge in [0.1, 0.15) is 11.8 Å². The van der Waals surface area contributed by atoms with Crippen LogP contribution in [0.15, 0.2) is 24.3 Å². The number of hydrogen-bond acceptors (Lipinski definition) is 3. The second-order valence-electron chi connectivity index (χ2n) is 4.07. The zero-order chi connectivity index (χ0) is 13.8. The van der Waals surface area contributed by atoms with Gasteiger partial charge in [0.25, 0.3) is 0 Å². The molecule has 0 spiro atoms. The summed E-state index contributed by atoms with van der Waals surface area (Å²) in [5.41, 5.74) is 1.72. The molecule has 1 unspecified atom stereocenters. The Kier molecular flexibility index (Phi) is 7.14. The largest absolute Gasteiger partial charge is 0.479 e. The van der Waals surface area contributed by atoms with Crippen molar-refractivity contribution in [2.45, 2.75) is 10.3 Å². The van der Waals surface area contributed by atoms with E-state index in [1.165, 1.54) is 0 Å². The van der Waals surface area contributed by atoms with Crippen molar-refractivity contribution >= 4 is 34.2 Å². The summed E-state index contributed by atoms with van der Waals surface area (Å²) in [6.07, 6.45) is 3.88. The topological polar surface area (TPSA) is 53.3 Å². The fourth-order valence-corrected chi connectivity index (χ4v) is 2.47. The zero-order valence-corrected chi connectivity index (χ0v) is 16.0. The summed E-state index contributed by atoms with van der Waals surface area (Å²) in [7, 11) is 1.76. The van der Waals surface area contributed by atoms with Crippen molar-refractivity contribution in [2.75, 3.05) is 13.7 Å². The molecule has 1 aliphatic rings. The minimum Gasteiger partial charge on any atom is -0.479 e. The molecule has 1 aliphatic heterocycles. The van der Waals surface area contributed by atoms with Crippen LogP contribution in [0.25, 0.3) is 5.70 Å². The molecular formula is C14H12IN2O2Y-. The number of hydrogen-bond donors (Lipinski definition) is 0. The molecule has 0 aliphatic carbocycles. The number of allylic oxidation sites excluding steroid dienone is 1. The predicted molar refractivity (Wildman–Crippen MR) is 79.4 cm³/mol. The molecule has 1 amide bonds. The molecule has 0 bridgehead atoms. The van der Waals surface area contributed by atoms with Crippen molar-refractivity contribution in [2.24, 2.45) is 0 Å². The minimum absolute atomic E-state index is 0. The van der Waals surface area contributed by atoms with Crippen molar-refractivity contribution < 1.29 is 42.2 Å². The Morgan fingerprint density at radius 2 is 2.15 bits per heavy atom. The number of nitrogens with zero attached hydrogens (tertiary/aromatic N) is 2. The predicted octanol–water partition coefficient (Wildman–Crippen LogP) is 2.40. The number of nitriles is 1. The molecule has 1 aromatic carbocycles. The van der Waals surface area contributed by atoms with Gasteiger partial charge in [0.2, 0.25) is 5.91 Å². The van der Waals surface area contributed by atoms with Crippen LogP contribution in [0.3, 0.4) is 0 Å². The summed E-state index contributed by atoms with van der Waals surface area (Å²) in [6, 6.07) is 9.23. The maximum Gasteiger partial charge on any atom is 0.235 e. The average molecular weight is 456 g/mol.